The monoisotopic (exact) mass is 358 g/mol. The lowest BCUT2D eigenvalue weighted by atomic mass is 10.1. The van der Waals surface area contributed by atoms with Gasteiger partial charge in [0.05, 0.1) is 11.3 Å². The minimum atomic E-state index is -0.0215. The molecule has 0 bridgehead atoms. The van der Waals surface area contributed by atoms with Gasteiger partial charge in [0.2, 0.25) is 0 Å². The first-order valence-electron chi connectivity index (χ1n) is 9.15. The van der Waals surface area contributed by atoms with Crippen LogP contribution in [0.15, 0.2) is 72.8 Å². The zero-order chi connectivity index (χ0) is 18.6. The SMILES string of the molecule is Cc1ccc2c(c1)NCCN(Cc1ccccc1)C(=O)c1ccccc1O2. The van der Waals surface area contributed by atoms with Gasteiger partial charge in [0.25, 0.3) is 5.91 Å². The molecule has 0 atom stereocenters. The van der Waals surface area contributed by atoms with Crippen LogP contribution in [0.5, 0.6) is 11.5 Å². The Morgan fingerprint density at radius 2 is 1.74 bits per heavy atom. The third-order valence-corrected chi connectivity index (χ3v) is 4.67. The Labute approximate surface area is 159 Å². The highest BCUT2D eigenvalue weighted by Crippen LogP contribution is 2.33. The number of carbonyl (C=O) groups is 1. The Balaban J connectivity index is 1.71. The number of anilines is 1. The number of amides is 1. The standard InChI is InChI=1S/C23H22N2O2/c1-17-11-12-22-20(15-17)24-13-14-25(16-18-7-3-2-4-8-18)23(26)19-9-5-6-10-21(19)27-22/h2-12,15,24H,13-14,16H2,1H3. The number of para-hydroxylation sites is 1. The van der Waals surface area contributed by atoms with E-state index >= 15 is 0 Å². The fraction of sp³-hybridized carbons (Fsp3) is 0.174. The molecule has 3 aromatic carbocycles. The second-order valence-electron chi connectivity index (χ2n) is 6.74. The predicted molar refractivity (Wildman–Crippen MR) is 107 cm³/mol. The number of ether oxygens (including phenoxy) is 1. The molecule has 0 saturated carbocycles. The maximum Gasteiger partial charge on any atom is 0.258 e. The number of fused-ring (bicyclic) bond motifs is 2. The first-order chi connectivity index (χ1) is 13.2. The molecule has 0 radical (unpaired) electrons. The summed E-state index contributed by atoms with van der Waals surface area (Å²) in [4.78, 5) is 15.1. The van der Waals surface area contributed by atoms with Gasteiger partial charge in [0.1, 0.15) is 5.75 Å². The van der Waals surface area contributed by atoms with Crippen LogP contribution in [-0.2, 0) is 6.54 Å². The normalized spacial score (nSPS) is 13.8. The first-order valence-corrected chi connectivity index (χ1v) is 9.15. The number of aryl methyl sites for hydroxylation is 1. The largest absolute Gasteiger partial charge is 0.454 e. The summed E-state index contributed by atoms with van der Waals surface area (Å²) in [5.41, 5.74) is 3.80. The van der Waals surface area contributed by atoms with Gasteiger partial charge in [-0.3, -0.25) is 4.79 Å². The molecule has 4 rings (SSSR count). The molecule has 1 aliphatic heterocycles. The molecule has 0 aliphatic carbocycles. The molecule has 0 spiro atoms. The number of hydrogen-bond donors (Lipinski definition) is 1. The van der Waals surface area contributed by atoms with Crippen LogP contribution < -0.4 is 10.1 Å². The van der Waals surface area contributed by atoms with Crippen molar-refractivity contribution in [1.82, 2.24) is 4.90 Å². The van der Waals surface area contributed by atoms with Crippen molar-refractivity contribution in [3.63, 3.8) is 0 Å². The Hall–Kier alpha value is -3.27. The summed E-state index contributed by atoms with van der Waals surface area (Å²) < 4.78 is 6.13. The Morgan fingerprint density at radius 1 is 0.963 bits per heavy atom. The Kier molecular flexibility index (Phi) is 4.79. The zero-order valence-electron chi connectivity index (χ0n) is 15.3. The van der Waals surface area contributed by atoms with E-state index in [2.05, 4.69) is 18.3 Å². The quantitative estimate of drug-likeness (QED) is 0.712. The van der Waals surface area contributed by atoms with Crippen LogP contribution in [0.25, 0.3) is 0 Å². The van der Waals surface area contributed by atoms with E-state index in [-0.39, 0.29) is 5.91 Å². The van der Waals surface area contributed by atoms with Gasteiger partial charge in [-0.15, -0.1) is 0 Å². The summed E-state index contributed by atoms with van der Waals surface area (Å²) in [6.07, 6.45) is 0. The number of hydrogen-bond acceptors (Lipinski definition) is 3. The second kappa shape index (κ2) is 7.54. The molecule has 0 fully saturated rings. The van der Waals surface area contributed by atoms with E-state index in [0.717, 1.165) is 22.6 Å². The van der Waals surface area contributed by atoms with Crippen molar-refractivity contribution in [2.24, 2.45) is 0 Å². The lowest BCUT2D eigenvalue weighted by Gasteiger charge is -2.26. The molecule has 0 unspecified atom stereocenters. The van der Waals surface area contributed by atoms with Crippen LogP contribution in [0.1, 0.15) is 21.5 Å². The third-order valence-electron chi connectivity index (χ3n) is 4.67. The summed E-state index contributed by atoms with van der Waals surface area (Å²) in [5, 5.41) is 3.42. The van der Waals surface area contributed by atoms with Gasteiger partial charge in [-0.05, 0) is 42.3 Å². The number of rotatable bonds is 2. The van der Waals surface area contributed by atoms with Crippen molar-refractivity contribution in [2.45, 2.75) is 13.5 Å². The second-order valence-corrected chi connectivity index (χ2v) is 6.74. The highest BCUT2D eigenvalue weighted by Gasteiger charge is 2.22. The molecule has 27 heavy (non-hydrogen) atoms. The van der Waals surface area contributed by atoms with Gasteiger partial charge in [-0.1, -0.05) is 48.5 Å². The van der Waals surface area contributed by atoms with Crippen LogP contribution in [-0.4, -0.2) is 23.9 Å². The van der Waals surface area contributed by atoms with E-state index < -0.39 is 0 Å². The highest BCUT2D eigenvalue weighted by molar-refractivity contribution is 5.97. The maximum atomic E-state index is 13.2. The average Bonchev–Trinajstić information content (AvgIpc) is 2.69. The average molecular weight is 358 g/mol. The van der Waals surface area contributed by atoms with E-state index in [0.29, 0.717) is 30.9 Å². The Bertz CT molecular complexity index is 954. The molecule has 4 nitrogen and oxygen atoms in total. The smallest absolute Gasteiger partial charge is 0.258 e. The van der Waals surface area contributed by atoms with Crippen LogP contribution in [0.3, 0.4) is 0 Å². The van der Waals surface area contributed by atoms with E-state index in [4.69, 9.17) is 4.74 Å². The zero-order valence-corrected chi connectivity index (χ0v) is 15.3. The molecule has 1 heterocycles. The number of benzene rings is 3. The molecule has 0 aromatic heterocycles. The lowest BCUT2D eigenvalue weighted by molar-refractivity contribution is 0.0746. The fourth-order valence-electron chi connectivity index (χ4n) is 3.27. The van der Waals surface area contributed by atoms with E-state index in [1.807, 2.05) is 71.6 Å². The van der Waals surface area contributed by atoms with Crippen LogP contribution in [0.4, 0.5) is 5.69 Å². The fourth-order valence-corrected chi connectivity index (χ4v) is 3.27. The van der Waals surface area contributed by atoms with Gasteiger partial charge < -0.3 is 15.0 Å². The number of nitrogens with zero attached hydrogens (tertiary/aromatic N) is 1. The predicted octanol–water partition coefficient (Wildman–Crippen LogP) is 4.86. The van der Waals surface area contributed by atoms with Gasteiger partial charge in [-0.25, -0.2) is 0 Å². The van der Waals surface area contributed by atoms with Gasteiger partial charge in [-0.2, -0.15) is 0 Å². The summed E-state index contributed by atoms with van der Waals surface area (Å²) in [6.45, 7) is 3.88. The van der Waals surface area contributed by atoms with Crippen molar-refractivity contribution in [1.29, 1.82) is 0 Å². The van der Waals surface area contributed by atoms with E-state index in [1.165, 1.54) is 0 Å². The molecular weight excluding hydrogens is 336 g/mol. The Morgan fingerprint density at radius 3 is 2.59 bits per heavy atom. The molecule has 0 saturated heterocycles. The minimum absolute atomic E-state index is 0.0215. The molecule has 3 aromatic rings. The summed E-state index contributed by atoms with van der Waals surface area (Å²) in [6, 6.07) is 23.5. The molecule has 4 heteroatoms. The maximum absolute atomic E-state index is 13.2. The van der Waals surface area contributed by atoms with Crippen LogP contribution in [0.2, 0.25) is 0 Å². The summed E-state index contributed by atoms with van der Waals surface area (Å²) in [5.74, 6) is 1.29. The van der Waals surface area contributed by atoms with Crippen molar-refractivity contribution < 1.29 is 9.53 Å². The first kappa shape index (κ1) is 17.2. The molecule has 1 aliphatic rings. The van der Waals surface area contributed by atoms with E-state index in [1.54, 1.807) is 0 Å². The lowest BCUT2D eigenvalue weighted by Crippen LogP contribution is -2.35. The van der Waals surface area contributed by atoms with Gasteiger partial charge >= 0.3 is 0 Å². The van der Waals surface area contributed by atoms with Crippen LogP contribution in [0, 0.1) is 6.92 Å². The number of carbonyl (C=O) groups excluding carboxylic acids is 1. The van der Waals surface area contributed by atoms with Gasteiger partial charge in [0, 0.05) is 19.6 Å². The molecule has 1 N–H and O–H groups in total. The van der Waals surface area contributed by atoms with E-state index in [9.17, 15) is 4.79 Å². The topological polar surface area (TPSA) is 41.6 Å². The van der Waals surface area contributed by atoms with Crippen molar-refractivity contribution in [3.8, 4) is 11.5 Å². The summed E-state index contributed by atoms with van der Waals surface area (Å²) >= 11 is 0. The highest BCUT2D eigenvalue weighted by atomic mass is 16.5. The molecule has 136 valence electrons. The van der Waals surface area contributed by atoms with Crippen molar-refractivity contribution in [2.75, 3.05) is 18.4 Å². The molecule has 1 amide bonds. The third kappa shape index (κ3) is 3.80. The minimum Gasteiger partial charge on any atom is -0.454 e. The van der Waals surface area contributed by atoms with Crippen LogP contribution >= 0.6 is 0 Å². The number of nitrogens with one attached hydrogen (secondary N) is 1. The van der Waals surface area contributed by atoms with Gasteiger partial charge in [0.15, 0.2) is 5.75 Å². The van der Waals surface area contributed by atoms with Crippen molar-refractivity contribution >= 4 is 11.6 Å². The van der Waals surface area contributed by atoms with Crippen molar-refractivity contribution in [3.05, 3.63) is 89.5 Å². The summed E-state index contributed by atoms with van der Waals surface area (Å²) in [7, 11) is 0. The molecular formula is C23H22N2O2.